The molecule has 1 aromatic carbocycles. The summed E-state index contributed by atoms with van der Waals surface area (Å²) in [5.74, 6) is -1.06. The Hall–Kier alpha value is -3.78. The molecule has 1 aromatic rings. The van der Waals surface area contributed by atoms with Crippen molar-refractivity contribution in [3.8, 4) is 12.1 Å². The van der Waals surface area contributed by atoms with Crippen molar-refractivity contribution in [3.63, 3.8) is 0 Å². The lowest BCUT2D eigenvalue weighted by Gasteiger charge is -2.10. The molecule has 0 saturated carbocycles. The number of hydrogen-bond acceptors (Lipinski definition) is 6. The van der Waals surface area contributed by atoms with Crippen molar-refractivity contribution < 1.29 is 9.59 Å². The van der Waals surface area contributed by atoms with Crippen LogP contribution < -0.4 is 10.6 Å². The predicted octanol–water partition coefficient (Wildman–Crippen LogP) is 1.50. The fourth-order valence-corrected chi connectivity index (χ4v) is 1.83. The lowest BCUT2D eigenvalue weighted by molar-refractivity contribution is -0.113. The third kappa shape index (κ3) is 6.38. The van der Waals surface area contributed by atoms with Gasteiger partial charge in [0.2, 0.25) is 0 Å². The molecule has 0 radical (unpaired) electrons. The number of amides is 2. The van der Waals surface area contributed by atoms with Gasteiger partial charge in [-0.25, -0.2) is 0 Å². The Labute approximate surface area is 152 Å². The molecule has 0 heterocycles. The highest BCUT2D eigenvalue weighted by molar-refractivity contribution is 6.07. The first kappa shape index (κ1) is 20.3. The minimum absolute atomic E-state index is 0.0279. The summed E-state index contributed by atoms with van der Waals surface area (Å²) in [5, 5.41) is 23.2. The summed E-state index contributed by atoms with van der Waals surface area (Å²) in [7, 11) is 6.84. The smallest absolute Gasteiger partial charge is 0.267 e. The summed E-state index contributed by atoms with van der Waals surface area (Å²) in [6.07, 6.45) is 2.84. The molecule has 0 fully saturated rings. The molecule has 0 spiro atoms. The Balaban J connectivity index is 2.81. The van der Waals surface area contributed by atoms with E-state index in [0.29, 0.717) is 11.4 Å². The van der Waals surface area contributed by atoms with Gasteiger partial charge >= 0.3 is 0 Å². The van der Waals surface area contributed by atoms with E-state index in [1.165, 1.54) is 12.4 Å². The maximum atomic E-state index is 12.0. The number of benzene rings is 1. The van der Waals surface area contributed by atoms with Crippen LogP contribution in [0.25, 0.3) is 0 Å². The summed E-state index contributed by atoms with van der Waals surface area (Å²) >= 11 is 0. The van der Waals surface area contributed by atoms with Crippen LogP contribution in [0.2, 0.25) is 0 Å². The number of carbonyl (C=O) groups excluding carboxylic acids is 2. The van der Waals surface area contributed by atoms with Crippen LogP contribution in [0.4, 0.5) is 11.4 Å². The standard InChI is InChI=1S/C18H20N6O2/c1-23(2)11-13(9-19)17(25)21-15-5-7-16(8-6-15)22-18(26)14(10-20)12-24(3)4/h5-8,11-12H,1-4H3,(H,21,25)(H,22,26)/b13-11+,14-12+. The Morgan fingerprint density at radius 2 is 1.12 bits per heavy atom. The van der Waals surface area contributed by atoms with Crippen LogP contribution >= 0.6 is 0 Å². The third-order valence-corrected chi connectivity index (χ3v) is 2.91. The molecule has 0 aliphatic carbocycles. The van der Waals surface area contributed by atoms with Crippen LogP contribution in [0.5, 0.6) is 0 Å². The van der Waals surface area contributed by atoms with Crippen LogP contribution in [-0.4, -0.2) is 49.8 Å². The normalized spacial score (nSPS) is 11.0. The average molecular weight is 352 g/mol. The minimum atomic E-state index is -0.529. The average Bonchev–Trinajstić information content (AvgIpc) is 2.58. The lowest BCUT2D eigenvalue weighted by Crippen LogP contribution is -2.17. The van der Waals surface area contributed by atoms with Gasteiger partial charge < -0.3 is 20.4 Å². The van der Waals surface area contributed by atoms with Crippen LogP contribution in [0.15, 0.2) is 47.8 Å². The number of hydrogen-bond donors (Lipinski definition) is 2. The van der Waals surface area contributed by atoms with Gasteiger partial charge in [0.25, 0.3) is 11.8 Å². The van der Waals surface area contributed by atoms with E-state index in [-0.39, 0.29) is 11.1 Å². The highest BCUT2D eigenvalue weighted by atomic mass is 16.2. The fourth-order valence-electron chi connectivity index (χ4n) is 1.83. The zero-order valence-corrected chi connectivity index (χ0v) is 15.1. The Kier molecular flexibility index (Phi) is 7.40. The SMILES string of the molecule is CN(C)/C=C(\C#N)C(=O)Nc1ccc(NC(=O)/C(C#N)=C/N(C)C)cc1. The molecule has 0 saturated heterocycles. The van der Waals surface area contributed by atoms with E-state index in [1.807, 2.05) is 12.1 Å². The van der Waals surface area contributed by atoms with E-state index in [2.05, 4.69) is 10.6 Å². The monoisotopic (exact) mass is 352 g/mol. The van der Waals surface area contributed by atoms with Crippen molar-refractivity contribution in [2.45, 2.75) is 0 Å². The highest BCUT2D eigenvalue weighted by Crippen LogP contribution is 2.15. The lowest BCUT2D eigenvalue weighted by atomic mass is 10.2. The van der Waals surface area contributed by atoms with Gasteiger partial charge in [0.05, 0.1) is 0 Å². The molecule has 8 heteroatoms. The summed E-state index contributed by atoms with van der Waals surface area (Å²) in [4.78, 5) is 27.3. The third-order valence-electron chi connectivity index (χ3n) is 2.91. The van der Waals surface area contributed by atoms with Gasteiger partial charge in [0, 0.05) is 52.0 Å². The maximum Gasteiger partial charge on any atom is 0.267 e. The second-order valence-corrected chi connectivity index (χ2v) is 5.72. The molecule has 0 aromatic heterocycles. The largest absolute Gasteiger partial charge is 0.382 e. The van der Waals surface area contributed by atoms with E-state index in [9.17, 15) is 9.59 Å². The predicted molar refractivity (Wildman–Crippen MR) is 98.5 cm³/mol. The van der Waals surface area contributed by atoms with E-state index in [0.717, 1.165) is 0 Å². The number of nitriles is 2. The second kappa shape index (κ2) is 9.50. The molecule has 8 nitrogen and oxygen atoms in total. The van der Waals surface area contributed by atoms with Crippen LogP contribution in [-0.2, 0) is 9.59 Å². The van der Waals surface area contributed by atoms with Crippen LogP contribution in [0, 0.1) is 22.7 Å². The zero-order valence-electron chi connectivity index (χ0n) is 15.1. The number of rotatable bonds is 6. The van der Waals surface area contributed by atoms with Crippen molar-refractivity contribution in [2.24, 2.45) is 0 Å². The van der Waals surface area contributed by atoms with Gasteiger partial charge in [-0.2, -0.15) is 10.5 Å². The summed E-state index contributed by atoms with van der Waals surface area (Å²) < 4.78 is 0. The van der Waals surface area contributed by atoms with Gasteiger partial charge in [-0.3, -0.25) is 9.59 Å². The maximum absolute atomic E-state index is 12.0. The van der Waals surface area contributed by atoms with E-state index in [4.69, 9.17) is 10.5 Å². The Morgan fingerprint density at radius 1 is 0.808 bits per heavy atom. The van der Waals surface area contributed by atoms with Crippen LogP contribution in [0.3, 0.4) is 0 Å². The summed E-state index contributed by atoms with van der Waals surface area (Å²) in [6.45, 7) is 0. The fraction of sp³-hybridized carbons (Fsp3) is 0.222. The van der Waals surface area contributed by atoms with Gasteiger partial charge in [-0.05, 0) is 24.3 Å². The zero-order chi connectivity index (χ0) is 19.7. The Bertz CT molecular complexity index is 739. The number of nitrogens with one attached hydrogen (secondary N) is 2. The Morgan fingerprint density at radius 3 is 1.35 bits per heavy atom. The molecular formula is C18H20N6O2. The van der Waals surface area contributed by atoms with Crippen molar-refractivity contribution >= 4 is 23.2 Å². The second-order valence-electron chi connectivity index (χ2n) is 5.72. The molecular weight excluding hydrogens is 332 g/mol. The van der Waals surface area contributed by atoms with Crippen molar-refractivity contribution in [2.75, 3.05) is 38.8 Å². The quantitative estimate of drug-likeness (QED) is 0.593. The van der Waals surface area contributed by atoms with E-state index >= 15 is 0 Å². The van der Waals surface area contributed by atoms with Gasteiger partial charge in [-0.1, -0.05) is 0 Å². The number of carbonyl (C=O) groups is 2. The first-order chi connectivity index (χ1) is 12.3. The summed E-state index contributed by atoms with van der Waals surface area (Å²) in [5.41, 5.74) is 0.884. The highest BCUT2D eigenvalue weighted by Gasteiger charge is 2.11. The minimum Gasteiger partial charge on any atom is -0.382 e. The molecule has 26 heavy (non-hydrogen) atoms. The molecule has 0 aliphatic rings. The first-order valence-electron chi connectivity index (χ1n) is 7.56. The van der Waals surface area contributed by atoms with Crippen molar-refractivity contribution in [1.29, 1.82) is 10.5 Å². The van der Waals surface area contributed by atoms with E-state index < -0.39 is 11.8 Å². The molecule has 134 valence electrons. The van der Waals surface area contributed by atoms with Gasteiger partial charge in [0.1, 0.15) is 23.3 Å². The number of nitrogens with zero attached hydrogens (tertiary/aromatic N) is 4. The molecule has 1 rings (SSSR count). The molecule has 2 N–H and O–H groups in total. The molecule has 0 aliphatic heterocycles. The van der Waals surface area contributed by atoms with Gasteiger partial charge in [-0.15, -0.1) is 0 Å². The van der Waals surface area contributed by atoms with Crippen LogP contribution in [0.1, 0.15) is 0 Å². The van der Waals surface area contributed by atoms with Crippen molar-refractivity contribution in [3.05, 3.63) is 47.8 Å². The molecule has 0 unspecified atom stereocenters. The molecule has 2 amide bonds. The summed E-state index contributed by atoms with van der Waals surface area (Å²) in [6, 6.07) is 10.0. The topological polar surface area (TPSA) is 112 Å². The van der Waals surface area contributed by atoms with Crippen molar-refractivity contribution in [1.82, 2.24) is 9.80 Å². The number of anilines is 2. The molecule has 0 bridgehead atoms. The molecule has 0 atom stereocenters. The first-order valence-corrected chi connectivity index (χ1v) is 7.56. The van der Waals surface area contributed by atoms with Gasteiger partial charge in [0.15, 0.2) is 0 Å². The van der Waals surface area contributed by atoms with E-state index in [1.54, 1.807) is 62.3 Å².